The number of phenols is 1. The van der Waals surface area contributed by atoms with Crippen LogP contribution in [0.3, 0.4) is 0 Å². The number of Topliss-reactive ketones (excluding diaryl/α,β-unsaturated/α-hetero) is 1. The molecule has 3 aromatic carbocycles. The maximum atomic E-state index is 13.9. The Kier molecular flexibility index (Phi) is 11.6. The predicted molar refractivity (Wildman–Crippen MR) is 186 cm³/mol. The van der Waals surface area contributed by atoms with E-state index in [1.807, 2.05) is 5.43 Å². The number of anilines is 5. The van der Waals surface area contributed by atoms with Gasteiger partial charge in [-0.15, -0.1) is 0 Å². The smallest absolute Gasteiger partial charge is 0.504 e. The number of hydrogen-bond acceptors (Lipinski definition) is 17. The fourth-order valence-corrected chi connectivity index (χ4v) is 7.07. The average molecular weight is 906 g/mol. The van der Waals surface area contributed by atoms with Crippen molar-refractivity contribution >= 4 is 110 Å². The molecule has 8 N–H and O–H groups in total. The number of halogens is 2. The number of aromatic hydroxyl groups is 1. The second kappa shape index (κ2) is 14.8. The van der Waals surface area contributed by atoms with Gasteiger partial charge in [-0.1, -0.05) is 17.7 Å². The molecule has 1 heterocycles. The molecule has 0 bridgehead atoms. The number of allylic oxidation sites excluding steroid dienone is 1. The zero-order valence-electron chi connectivity index (χ0n) is 29.1. The van der Waals surface area contributed by atoms with E-state index in [0.29, 0.717) is 30.3 Å². The van der Waals surface area contributed by atoms with Crippen LogP contribution in [-0.2, 0) is 57.5 Å². The number of aromatic nitrogens is 3. The third kappa shape index (κ3) is 9.44. The van der Waals surface area contributed by atoms with Gasteiger partial charge in [-0.05, 0) is 65.7 Å². The molecule has 1 aliphatic carbocycles. The molecular formula is C25H21Cl2CuN7O14S4+4. The number of rotatable bonds is 10. The third-order valence-corrected chi connectivity index (χ3v) is 10.4. The zero-order chi connectivity index (χ0) is 38.6. The first kappa shape index (κ1) is 41.4. The van der Waals surface area contributed by atoms with Crippen LogP contribution in [0.25, 0.3) is 6.08 Å². The molecule has 21 nitrogen and oxygen atoms in total. The van der Waals surface area contributed by atoms with Gasteiger partial charge in [0.2, 0.25) is 23.0 Å². The molecule has 28 heteroatoms. The van der Waals surface area contributed by atoms with E-state index in [2.05, 4.69) is 30.7 Å². The number of nitrogens with one attached hydrogen (secondary N) is 3. The van der Waals surface area contributed by atoms with Gasteiger partial charge in [-0.3, -0.25) is 28.4 Å². The molecule has 0 unspecified atom stereocenters. The molecule has 1 aromatic heterocycles. The van der Waals surface area contributed by atoms with Gasteiger partial charge in [-0.2, -0.15) is 53.7 Å². The van der Waals surface area contributed by atoms with Gasteiger partial charge in [-0.25, -0.2) is 0 Å². The Morgan fingerprint density at radius 2 is 1.26 bits per heavy atom. The second-order valence-corrected chi connectivity index (χ2v) is 16.5. The number of benzene rings is 3. The summed E-state index contributed by atoms with van der Waals surface area (Å²) in [6.45, 7) is 0. The number of hydrazone groups is 1. The summed E-state index contributed by atoms with van der Waals surface area (Å²) < 4.78 is 134. The van der Waals surface area contributed by atoms with Crippen molar-refractivity contribution in [2.75, 3.05) is 16.1 Å². The standard InChI is InChI=1S/C25H17Cl2N7O14S4.Cu/c26-15-7-14(51(43,44)45)9-17(21(15)35)33-34-20-18(52(46,47)48)5-10-4-13(50(40,41)42)8-16(19(10)22(20)36)29-25-31-23(27)30-24(32-25)28-11-2-1-3-12(6-11)49(37,38)39;/h1-9,33,35H,(H,37,38,39)(H,40,41,42)(H,43,44,45)(H,46,47,48)(H2,28,29,30,31,32);/p+4/b34-20+;. The van der Waals surface area contributed by atoms with Crippen LogP contribution in [0.1, 0.15) is 21.6 Å². The SMILES string of the molecule is O=C1/C(=N/Nc2cc(S(=O)(=O)O)cc(Cl)c2O)C(S(=O)(=O)O)=Cc2cc(S(=O)(=O)O)cc(Nc3nc(Cl)nc(Nc4cccc(S(=O)(=O)O)c4)n3)c21.[Cu].[H+].[H+].[H+].[H+]. The van der Waals surface area contributed by atoms with Gasteiger partial charge >= 0.3 is 5.71 Å². The molecule has 0 amide bonds. The maximum absolute atomic E-state index is 13.9. The fraction of sp³-hybridized carbons (Fsp3) is 0. The Bertz CT molecular complexity index is 2750. The molecule has 0 saturated carbocycles. The predicted octanol–water partition coefficient (Wildman–Crippen LogP) is 3.45. The molecule has 4 aromatic rings. The minimum Gasteiger partial charge on any atom is -0.504 e. The Labute approximate surface area is 324 Å². The van der Waals surface area contributed by atoms with Crippen LogP contribution in [0.4, 0.5) is 29.0 Å². The summed E-state index contributed by atoms with van der Waals surface area (Å²) in [5.41, 5.74) is -1.41. The summed E-state index contributed by atoms with van der Waals surface area (Å²) in [6, 6.07) is 7.33. The molecular weight excluding hydrogens is 885 g/mol. The molecule has 0 aliphatic heterocycles. The van der Waals surface area contributed by atoms with Gasteiger partial charge in [0.15, 0.2) is 11.5 Å². The molecule has 0 fully saturated rings. The number of ketones is 1. The van der Waals surface area contributed by atoms with Crippen LogP contribution in [0.5, 0.6) is 5.75 Å². The number of fused-ring (bicyclic) bond motifs is 1. The quantitative estimate of drug-likeness (QED) is 0.0489. The minimum absolute atomic E-state index is 0. The molecule has 0 atom stereocenters. The first-order valence-electron chi connectivity index (χ1n) is 13.2. The maximum Gasteiger partial charge on any atom is 1.00 e. The van der Waals surface area contributed by atoms with E-state index in [1.165, 1.54) is 12.1 Å². The van der Waals surface area contributed by atoms with Crippen LogP contribution in [0.2, 0.25) is 10.3 Å². The molecule has 53 heavy (non-hydrogen) atoms. The first-order chi connectivity index (χ1) is 23.9. The van der Waals surface area contributed by atoms with Gasteiger partial charge in [0, 0.05) is 22.8 Å². The van der Waals surface area contributed by atoms with E-state index >= 15 is 0 Å². The average Bonchev–Trinajstić information content (AvgIpc) is 3.00. The minimum atomic E-state index is -5.38. The van der Waals surface area contributed by atoms with Gasteiger partial charge in [0.25, 0.3) is 40.5 Å². The summed E-state index contributed by atoms with van der Waals surface area (Å²) in [4.78, 5) is 22.0. The van der Waals surface area contributed by atoms with Crippen LogP contribution < -0.4 is 16.1 Å². The van der Waals surface area contributed by atoms with Crippen LogP contribution in [-0.4, -0.2) is 83.4 Å². The molecule has 285 valence electrons. The first-order valence-corrected chi connectivity index (χ1v) is 19.7. The molecule has 0 spiro atoms. The summed E-state index contributed by atoms with van der Waals surface area (Å²) in [7, 11) is -20.0. The third-order valence-electron chi connectivity index (χ3n) is 6.55. The van der Waals surface area contributed by atoms with E-state index in [-0.39, 0.29) is 34.4 Å². The van der Waals surface area contributed by atoms with Gasteiger partial charge < -0.3 is 15.7 Å². The normalized spacial score (nSPS) is 14.2. The topological polar surface area (TPSA) is 342 Å². The number of nitrogens with zero attached hydrogens (tertiary/aromatic N) is 4. The molecule has 5 rings (SSSR count). The van der Waals surface area contributed by atoms with Crippen molar-refractivity contribution < 1.29 is 84.6 Å². The van der Waals surface area contributed by atoms with E-state index in [9.17, 15) is 61.8 Å². The Morgan fingerprint density at radius 3 is 1.85 bits per heavy atom. The second-order valence-electron chi connectivity index (χ2n) is 10.1. The van der Waals surface area contributed by atoms with E-state index < -0.39 is 116 Å². The summed E-state index contributed by atoms with van der Waals surface area (Å²) in [5.74, 6) is -3.15. The van der Waals surface area contributed by atoms with Crippen molar-refractivity contribution in [2.45, 2.75) is 14.7 Å². The van der Waals surface area contributed by atoms with Crippen LogP contribution >= 0.6 is 23.2 Å². The number of hydrogen-bond donors (Lipinski definition) is 8. The van der Waals surface area contributed by atoms with Crippen LogP contribution in [0.15, 0.2) is 73.2 Å². The van der Waals surface area contributed by atoms with Crippen molar-refractivity contribution in [3.8, 4) is 5.75 Å². The zero-order valence-corrected chi connectivity index (χ0v) is 30.8. The van der Waals surface area contributed by atoms with Crippen molar-refractivity contribution in [1.29, 1.82) is 0 Å². The summed E-state index contributed by atoms with van der Waals surface area (Å²) in [5, 5.41) is 17.8. The van der Waals surface area contributed by atoms with E-state index in [1.54, 1.807) is 0 Å². The number of phenolic OH excluding ortho intramolecular Hbond substituents is 1. The molecule has 1 radical (unpaired) electrons. The monoisotopic (exact) mass is 904 g/mol. The number of carbonyl (C=O) groups excluding carboxylic acids is 1. The summed E-state index contributed by atoms with van der Waals surface area (Å²) in [6.07, 6.45) is 0.587. The molecule has 1 aliphatic rings. The largest absolute Gasteiger partial charge is 1.00 e. The van der Waals surface area contributed by atoms with E-state index in [0.717, 1.165) is 12.1 Å². The Hall–Kier alpha value is -4.31. The summed E-state index contributed by atoms with van der Waals surface area (Å²) >= 11 is 11.8. The Balaban J connectivity index is 0.00000627. The Morgan fingerprint density at radius 1 is 0.698 bits per heavy atom. The van der Waals surface area contributed by atoms with E-state index in [4.69, 9.17) is 23.2 Å². The van der Waals surface area contributed by atoms with Crippen molar-refractivity contribution in [1.82, 2.24) is 15.0 Å². The molecule has 0 saturated heterocycles. The van der Waals surface area contributed by atoms with Gasteiger partial charge in [0.1, 0.15) is 10.6 Å². The fourth-order valence-electron chi connectivity index (χ4n) is 4.36. The van der Waals surface area contributed by atoms with Crippen molar-refractivity contribution in [3.63, 3.8) is 0 Å². The number of carbonyl (C=O) groups is 1. The van der Waals surface area contributed by atoms with Crippen molar-refractivity contribution in [2.24, 2.45) is 5.10 Å². The van der Waals surface area contributed by atoms with Crippen LogP contribution in [0, 0.1) is 0 Å². The van der Waals surface area contributed by atoms with Gasteiger partial charge in [0.05, 0.1) is 31.0 Å². The van der Waals surface area contributed by atoms with Crippen molar-refractivity contribution in [3.05, 3.63) is 74.9 Å².